The molecule has 18 heavy (non-hydrogen) atoms. The Morgan fingerprint density at radius 3 is 3.00 bits per heavy atom. The molecule has 0 radical (unpaired) electrons. The highest BCUT2D eigenvalue weighted by Gasteiger charge is 2.13. The van der Waals surface area contributed by atoms with Gasteiger partial charge >= 0.3 is 0 Å². The minimum Gasteiger partial charge on any atom is -0.398 e. The Labute approximate surface area is 105 Å². The largest absolute Gasteiger partial charge is 0.398 e. The smallest absolute Gasteiger partial charge is 0.270 e. The molecule has 0 bridgehead atoms. The lowest BCUT2D eigenvalue weighted by molar-refractivity contribution is 0.0921. The van der Waals surface area contributed by atoms with Crippen molar-refractivity contribution in [2.24, 2.45) is 0 Å². The van der Waals surface area contributed by atoms with E-state index >= 15 is 0 Å². The van der Waals surface area contributed by atoms with Crippen LogP contribution in [0.1, 0.15) is 17.4 Å². The van der Waals surface area contributed by atoms with Crippen LogP contribution in [0.25, 0.3) is 10.8 Å². The van der Waals surface area contributed by atoms with Gasteiger partial charge in [0.25, 0.3) is 5.91 Å². The van der Waals surface area contributed by atoms with Crippen molar-refractivity contribution in [1.82, 2.24) is 10.3 Å². The first-order valence-corrected chi connectivity index (χ1v) is 5.69. The first kappa shape index (κ1) is 12.3. The maximum Gasteiger partial charge on any atom is 0.270 e. The van der Waals surface area contributed by atoms with Gasteiger partial charge in [0.1, 0.15) is 5.69 Å². The fraction of sp³-hybridized carbons (Fsp3) is 0.231. The highest BCUT2D eigenvalue weighted by molar-refractivity contribution is 6.09. The van der Waals surface area contributed by atoms with E-state index in [1.54, 1.807) is 25.3 Å². The molecule has 0 aliphatic heterocycles. The minimum absolute atomic E-state index is 0.184. The molecule has 1 amide bonds. The molecule has 0 aliphatic carbocycles. The number of aromatic nitrogens is 1. The number of benzene rings is 1. The number of nitrogens with zero attached hydrogens (tertiary/aromatic N) is 1. The van der Waals surface area contributed by atoms with E-state index < -0.39 is 6.10 Å². The average molecular weight is 245 g/mol. The van der Waals surface area contributed by atoms with E-state index in [9.17, 15) is 4.79 Å². The summed E-state index contributed by atoms with van der Waals surface area (Å²) < 4.78 is 0. The van der Waals surface area contributed by atoms with Gasteiger partial charge < -0.3 is 16.2 Å². The summed E-state index contributed by atoms with van der Waals surface area (Å²) in [5, 5.41) is 13.3. The number of nitrogen functional groups attached to an aromatic ring is 1. The van der Waals surface area contributed by atoms with Crippen LogP contribution in [0.2, 0.25) is 0 Å². The van der Waals surface area contributed by atoms with Gasteiger partial charge in [-0.3, -0.25) is 9.78 Å². The number of anilines is 1. The van der Waals surface area contributed by atoms with Crippen LogP contribution in [0.5, 0.6) is 0 Å². The van der Waals surface area contributed by atoms with E-state index in [0.717, 1.165) is 5.39 Å². The van der Waals surface area contributed by atoms with E-state index in [-0.39, 0.29) is 18.1 Å². The molecule has 2 rings (SSSR count). The number of aliphatic hydroxyl groups excluding tert-OH is 1. The molecule has 1 unspecified atom stereocenters. The van der Waals surface area contributed by atoms with E-state index in [4.69, 9.17) is 10.8 Å². The number of nitrogens with two attached hydrogens (primary N) is 1. The fourth-order valence-electron chi connectivity index (χ4n) is 1.75. The van der Waals surface area contributed by atoms with Gasteiger partial charge in [-0.15, -0.1) is 0 Å². The number of hydrogen-bond donors (Lipinski definition) is 3. The number of nitrogens with one attached hydrogen (secondary N) is 1. The standard InChI is InChI=1S/C13H15N3O2/c1-8(17)7-16-13(18)12-11-9(5-6-15-12)3-2-4-10(11)14/h2-6,8,17H,7,14H2,1H3,(H,16,18). The Hall–Kier alpha value is -2.14. The maximum absolute atomic E-state index is 12.0. The summed E-state index contributed by atoms with van der Waals surface area (Å²) in [6.45, 7) is 1.79. The Morgan fingerprint density at radius 2 is 2.28 bits per heavy atom. The van der Waals surface area contributed by atoms with Crippen LogP contribution in [0, 0.1) is 0 Å². The van der Waals surface area contributed by atoms with Gasteiger partial charge in [-0.1, -0.05) is 12.1 Å². The number of pyridine rings is 1. The highest BCUT2D eigenvalue weighted by Crippen LogP contribution is 2.23. The molecule has 2 aromatic rings. The Bertz CT molecular complexity index is 576. The van der Waals surface area contributed by atoms with Crippen LogP contribution in [0.3, 0.4) is 0 Å². The number of carbonyl (C=O) groups is 1. The second-order valence-corrected chi connectivity index (χ2v) is 4.16. The number of aliphatic hydroxyl groups is 1. The molecule has 1 heterocycles. The molecule has 1 atom stereocenters. The number of amides is 1. The lowest BCUT2D eigenvalue weighted by Gasteiger charge is -2.09. The number of hydrogen-bond acceptors (Lipinski definition) is 4. The monoisotopic (exact) mass is 245 g/mol. The summed E-state index contributed by atoms with van der Waals surface area (Å²) in [5.74, 6) is -0.334. The van der Waals surface area contributed by atoms with Gasteiger partial charge in [0.2, 0.25) is 0 Å². The molecule has 0 fully saturated rings. The van der Waals surface area contributed by atoms with Crippen molar-refractivity contribution in [2.75, 3.05) is 12.3 Å². The quantitative estimate of drug-likeness (QED) is 0.702. The van der Waals surface area contributed by atoms with Crippen LogP contribution in [-0.4, -0.2) is 28.6 Å². The third kappa shape index (κ3) is 2.41. The van der Waals surface area contributed by atoms with E-state index in [1.165, 1.54) is 0 Å². The Morgan fingerprint density at radius 1 is 1.50 bits per heavy atom. The average Bonchev–Trinajstić information content (AvgIpc) is 2.35. The van der Waals surface area contributed by atoms with Crippen molar-refractivity contribution in [3.63, 3.8) is 0 Å². The van der Waals surface area contributed by atoms with Crippen LogP contribution < -0.4 is 11.1 Å². The first-order chi connectivity index (χ1) is 8.59. The summed E-state index contributed by atoms with van der Waals surface area (Å²) in [7, 11) is 0. The highest BCUT2D eigenvalue weighted by atomic mass is 16.3. The van der Waals surface area contributed by atoms with Gasteiger partial charge in [0.05, 0.1) is 6.10 Å². The third-order valence-corrected chi connectivity index (χ3v) is 2.60. The SMILES string of the molecule is CC(O)CNC(=O)c1nccc2cccc(N)c12. The second-order valence-electron chi connectivity index (χ2n) is 4.16. The zero-order valence-corrected chi connectivity index (χ0v) is 10.1. The van der Waals surface area contributed by atoms with E-state index in [0.29, 0.717) is 11.1 Å². The van der Waals surface area contributed by atoms with Crippen molar-refractivity contribution in [1.29, 1.82) is 0 Å². The molecule has 5 heteroatoms. The van der Waals surface area contributed by atoms with Crippen LogP contribution >= 0.6 is 0 Å². The van der Waals surface area contributed by atoms with E-state index in [1.807, 2.05) is 12.1 Å². The Balaban J connectivity index is 2.41. The summed E-state index contributed by atoms with van der Waals surface area (Å²) in [6.07, 6.45) is 0.972. The fourth-order valence-corrected chi connectivity index (χ4v) is 1.75. The minimum atomic E-state index is -0.596. The number of carbonyl (C=O) groups excluding carboxylic acids is 1. The van der Waals surface area contributed by atoms with Gasteiger partial charge in [-0.05, 0) is 24.4 Å². The lowest BCUT2D eigenvalue weighted by Crippen LogP contribution is -2.31. The molecule has 0 spiro atoms. The molecule has 0 saturated heterocycles. The van der Waals surface area contributed by atoms with Crippen molar-refractivity contribution in [3.05, 3.63) is 36.2 Å². The predicted molar refractivity (Wildman–Crippen MR) is 70.2 cm³/mol. The van der Waals surface area contributed by atoms with Crippen LogP contribution in [0.15, 0.2) is 30.5 Å². The van der Waals surface area contributed by atoms with Crippen LogP contribution in [0.4, 0.5) is 5.69 Å². The molecule has 0 saturated carbocycles. The van der Waals surface area contributed by atoms with Crippen molar-refractivity contribution in [3.8, 4) is 0 Å². The summed E-state index contributed by atoms with van der Waals surface area (Å²) >= 11 is 0. The molecule has 94 valence electrons. The van der Waals surface area contributed by atoms with Gasteiger partial charge in [0.15, 0.2) is 0 Å². The molecule has 5 nitrogen and oxygen atoms in total. The van der Waals surface area contributed by atoms with Crippen LogP contribution in [-0.2, 0) is 0 Å². The first-order valence-electron chi connectivity index (χ1n) is 5.69. The predicted octanol–water partition coefficient (Wildman–Crippen LogP) is 0.928. The molecule has 1 aromatic carbocycles. The number of fused-ring (bicyclic) bond motifs is 1. The molecule has 4 N–H and O–H groups in total. The molecular weight excluding hydrogens is 230 g/mol. The van der Waals surface area contributed by atoms with Gasteiger partial charge in [0, 0.05) is 23.8 Å². The summed E-state index contributed by atoms with van der Waals surface area (Å²) in [6, 6.07) is 7.24. The van der Waals surface area contributed by atoms with Crippen molar-refractivity contribution < 1.29 is 9.90 Å². The second kappa shape index (κ2) is 5.01. The van der Waals surface area contributed by atoms with Crippen molar-refractivity contribution in [2.45, 2.75) is 13.0 Å². The normalized spacial score (nSPS) is 12.3. The van der Waals surface area contributed by atoms with Gasteiger partial charge in [-0.2, -0.15) is 0 Å². The molecular formula is C13H15N3O2. The Kier molecular flexibility index (Phi) is 3.43. The summed E-state index contributed by atoms with van der Waals surface area (Å²) in [4.78, 5) is 16.0. The lowest BCUT2D eigenvalue weighted by atomic mass is 10.1. The maximum atomic E-state index is 12.0. The summed E-state index contributed by atoms with van der Waals surface area (Å²) in [5.41, 5.74) is 6.68. The zero-order chi connectivity index (χ0) is 13.1. The topological polar surface area (TPSA) is 88.2 Å². The van der Waals surface area contributed by atoms with E-state index in [2.05, 4.69) is 10.3 Å². The number of rotatable bonds is 3. The zero-order valence-electron chi connectivity index (χ0n) is 10.1. The van der Waals surface area contributed by atoms with Crippen molar-refractivity contribution >= 4 is 22.4 Å². The van der Waals surface area contributed by atoms with Gasteiger partial charge in [-0.25, -0.2) is 0 Å². The molecule has 0 aliphatic rings. The molecule has 1 aromatic heterocycles. The third-order valence-electron chi connectivity index (χ3n) is 2.60.